The topological polar surface area (TPSA) is 55.4 Å². The number of rotatable bonds is 8. The van der Waals surface area contributed by atoms with Crippen LogP contribution in [0.5, 0.6) is 0 Å². The Kier molecular flexibility index (Phi) is 8.46. The molecule has 0 fully saturated rings. The second-order valence-electron chi connectivity index (χ2n) is 4.26. The molecule has 0 aromatic heterocycles. The van der Waals surface area contributed by atoms with Gasteiger partial charge in [0.1, 0.15) is 6.04 Å². The molecular weight excluding hydrogens is 218 g/mol. The van der Waals surface area contributed by atoms with Gasteiger partial charge in [-0.25, -0.2) is 4.79 Å². The second-order valence-corrected chi connectivity index (χ2v) is 4.26. The molecule has 1 atom stereocenters. The van der Waals surface area contributed by atoms with Crippen LogP contribution in [-0.2, 0) is 14.3 Å². The Labute approximate surface area is 104 Å². The van der Waals surface area contributed by atoms with Gasteiger partial charge in [0.15, 0.2) is 0 Å². The number of carbonyl (C=O) groups excluding carboxylic acids is 2. The second kappa shape index (κ2) is 9.02. The van der Waals surface area contributed by atoms with Gasteiger partial charge in [-0.3, -0.25) is 4.79 Å². The number of esters is 1. The third-order valence-electron chi connectivity index (χ3n) is 2.64. The molecule has 0 saturated carbocycles. The minimum absolute atomic E-state index is 0.0156. The molecule has 0 aliphatic rings. The normalized spacial score (nSPS) is 12.3. The average Bonchev–Trinajstić information content (AvgIpc) is 2.28. The minimum Gasteiger partial charge on any atom is -0.464 e. The zero-order valence-corrected chi connectivity index (χ0v) is 11.4. The summed E-state index contributed by atoms with van der Waals surface area (Å²) in [7, 11) is 0. The van der Waals surface area contributed by atoms with Crippen LogP contribution in [-0.4, -0.2) is 24.5 Å². The van der Waals surface area contributed by atoms with Crippen LogP contribution in [0.15, 0.2) is 0 Å². The minimum atomic E-state index is -0.557. The van der Waals surface area contributed by atoms with Crippen LogP contribution in [0.2, 0.25) is 0 Å². The highest BCUT2D eigenvalue weighted by molar-refractivity contribution is 5.85. The van der Waals surface area contributed by atoms with Crippen LogP contribution in [0, 0.1) is 5.92 Å². The van der Waals surface area contributed by atoms with Gasteiger partial charge >= 0.3 is 5.97 Å². The largest absolute Gasteiger partial charge is 0.464 e. The Hall–Kier alpha value is -1.06. The summed E-state index contributed by atoms with van der Waals surface area (Å²) in [5.74, 6) is -0.385. The van der Waals surface area contributed by atoms with E-state index in [1.807, 2.05) is 0 Å². The summed E-state index contributed by atoms with van der Waals surface area (Å²) >= 11 is 0. The Morgan fingerprint density at radius 2 is 1.65 bits per heavy atom. The molecule has 0 bridgehead atoms. The van der Waals surface area contributed by atoms with Crippen molar-refractivity contribution in [3.05, 3.63) is 0 Å². The molecule has 4 heteroatoms. The number of nitrogens with one attached hydrogen (secondary N) is 1. The highest BCUT2D eigenvalue weighted by Crippen LogP contribution is 2.13. The SMILES string of the molecule is CCCC(CCC)C(=O)NC(C)C(=O)OCC. The van der Waals surface area contributed by atoms with Gasteiger partial charge in [-0.2, -0.15) is 0 Å². The summed E-state index contributed by atoms with van der Waals surface area (Å²) in [6.45, 7) is 7.87. The van der Waals surface area contributed by atoms with Gasteiger partial charge in [0, 0.05) is 5.92 Å². The molecule has 17 heavy (non-hydrogen) atoms. The molecular formula is C13H25NO3. The van der Waals surface area contributed by atoms with Crippen molar-refractivity contribution in [2.24, 2.45) is 5.92 Å². The van der Waals surface area contributed by atoms with E-state index in [9.17, 15) is 9.59 Å². The fourth-order valence-corrected chi connectivity index (χ4v) is 1.76. The van der Waals surface area contributed by atoms with Crippen molar-refractivity contribution >= 4 is 11.9 Å². The molecule has 1 N–H and O–H groups in total. The van der Waals surface area contributed by atoms with Crippen molar-refractivity contribution in [2.75, 3.05) is 6.61 Å². The number of carbonyl (C=O) groups is 2. The maximum absolute atomic E-state index is 11.9. The first kappa shape index (κ1) is 15.9. The molecule has 4 nitrogen and oxygen atoms in total. The summed E-state index contributed by atoms with van der Waals surface area (Å²) in [5.41, 5.74) is 0. The highest BCUT2D eigenvalue weighted by atomic mass is 16.5. The van der Waals surface area contributed by atoms with Gasteiger partial charge in [0.05, 0.1) is 6.61 Å². The van der Waals surface area contributed by atoms with E-state index >= 15 is 0 Å². The molecule has 0 saturated heterocycles. The fourth-order valence-electron chi connectivity index (χ4n) is 1.76. The molecule has 0 radical (unpaired) electrons. The van der Waals surface area contributed by atoms with E-state index in [1.54, 1.807) is 13.8 Å². The predicted octanol–water partition coefficient (Wildman–Crippen LogP) is 2.27. The smallest absolute Gasteiger partial charge is 0.328 e. The molecule has 0 rings (SSSR count). The van der Waals surface area contributed by atoms with Crippen molar-refractivity contribution in [1.29, 1.82) is 0 Å². The number of amides is 1. The van der Waals surface area contributed by atoms with Crippen LogP contribution < -0.4 is 5.32 Å². The van der Waals surface area contributed by atoms with Crippen molar-refractivity contribution in [2.45, 2.75) is 59.4 Å². The number of ether oxygens (including phenoxy) is 1. The monoisotopic (exact) mass is 243 g/mol. The molecule has 0 aliphatic heterocycles. The van der Waals surface area contributed by atoms with E-state index in [0.717, 1.165) is 25.7 Å². The molecule has 0 spiro atoms. The Morgan fingerprint density at radius 3 is 2.06 bits per heavy atom. The van der Waals surface area contributed by atoms with Gasteiger partial charge in [-0.1, -0.05) is 26.7 Å². The zero-order chi connectivity index (χ0) is 13.3. The third kappa shape index (κ3) is 6.29. The number of hydrogen-bond donors (Lipinski definition) is 1. The van der Waals surface area contributed by atoms with Crippen molar-refractivity contribution < 1.29 is 14.3 Å². The lowest BCUT2D eigenvalue weighted by Crippen LogP contribution is -2.42. The number of hydrogen-bond acceptors (Lipinski definition) is 3. The van der Waals surface area contributed by atoms with Crippen molar-refractivity contribution in [3.63, 3.8) is 0 Å². The first-order valence-electron chi connectivity index (χ1n) is 6.53. The summed E-state index contributed by atoms with van der Waals surface area (Å²) in [4.78, 5) is 23.3. The lowest BCUT2D eigenvalue weighted by molar-refractivity contribution is -0.147. The van der Waals surface area contributed by atoms with Crippen LogP contribution in [0.4, 0.5) is 0 Å². The zero-order valence-electron chi connectivity index (χ0n) is 11.4. The molecule has 0 aromatic rings. The lowest BCUT2D eigenvalue weighted by Gasteiger charge is -2.18. The van der Waals surface area contributed by atoms with Crippen LogP contribution >= 0.6 is 0 Å². The Morgan fingerprint density at radius 1 is 1.12 bits per heavy atom. The Balaban J connectivity index is 4.23. The maximum atomic E-state index is 11.9. The summed E-state index contributed by atoms with van der Waals surface area (Å²) in [6.07, 6.45) is 3.70. The molecule has 1 unspecified atom stereocenters. The molecule has 0 aliphatic carbocycles. The van der Waals surface area contributed by atoms with E-state index < -0.39 is 6.04 Å². The fraction of sp³-hybridized carbons (Fsp3) is 0.846. The lowest BCUT2D eigenvalue weighted by atomic mass is 9.97. The highest BCUT2D eigenvalue weighted by Gasteiger charge is 2.22. The first-order valence-corrected chi connectivity index (χ1v) is 6.53. The molecule has 0 aromatic carbocycles. The summed E-state index contributed by atoms with van der Waals surface area (Å²) in [6, 6.07) is -0.557. The van der Waals surface area contributed by atoms with Crippen molar-refractivity contribution in [3.8, 4) is 0 Å². The quantitative estimate of drug-likeness (QED) is 0.665. The predicted molar refractivity (Wildman–Crippen MR) is 67.5 cm³/mol. The summed E-state index contributed by atoms with van der Waals surface area (Å²) in [5, 5.41) is 2.72. The Bertz CT molecular complexity index is 235. The molecule has 1 amide bonds. The van der Waals surface area contributed by atoms with Crippen LogP contribution in [0.3, 0.4) is 0 Å². The third-order valence-corrected chi connectivity index (χ3v) is 2.64. The first-order chi connectivity index (χ1) is 8.06. The van der Waals surface area contributed by atoms with E-state index in [1.165, 1.54) is 0 Å². The summed E-state index contributed by atoms with van der Waals surface area (Å²) < 4.78 is 4.85. The molecule has 100 valence electrons. The van der Waals surface area contributed by atoms with Crippen molar-refractivity contribution in [1.82, 2.24) is 5.32 Å². The van der Waals surface area contributed by atoms with E-state index in [-0.39, 0.29) is 17.8 Å². The van der Waals surface area contributed by atoms with Gasteiger partial charge < -0.3 is 10.1 Å². The standard InChI is InChI=1S/C13H25NO3/c1-5-8-11(9-6-2)12(15)14-10(4)13(16)17-7-3/h10-11H,5-9H2,1-4H3,(H,14,15). The van der Waals surface area contributed by atoms with Crippen LogP contribution in [0.1, 0.15) is 53.4 Å². The van der Waals surface area contributed by atoms with Gasteiger partial charge in [0.2, 0.25) is 5.91 Å². The molecule has 0 heterocycles. The van der Waals surface area contributed by atoms with E-state index in [2.05, 4.69) is 19.2 Å². The van der Waals surface area contributed by atoms with E-state index in [4.69, 9.17) is 4.74 Å². The van der Waals surface area contributed by atoms with Crippen LogP contribution in [0.25, 0.3) is 0 Å². The van der Waals surface area contributed by atoms with Gasteiger partial charge in [-0.05, 0) is 26.7 Å². The maximum Gasteiger partial charge on any atom is 0.328 e. The van der Waals surface area contributed by atoms with Gasteiger partial charge in [-0.15, -0.1) is 0 Å². The van der Waals surface area contributed by atoms with Gasteiger partial charge in [0.25, 0.3) is 0 Å². The van der Waals surface area contributed by atoms with E-state index in [0.29, 0.717) is 6.61 Å². The average molecular weight is 243 g/mol.